The van der Waals surface area contributed by atoms with Gasteiger partial charge in [0.25, 0.3) is 0 Å². The topological polar surface area (TPSA) is 116 Å². The summed E-state index contributed by atoms with van der Waals surface area (Å²) >= 11 is 0. The molecule has 0 spiro atoms. The van der Waals surface area contributed by atoms with Gasteiger partial charge in [0.05, 0.1) is 6.61 Å². The number of phosphoric ester groups is 1. The highest BCUT2D eigenvalue weighted by Gasteiger charge is 2.29. The molecule has 0 aliphatic carbocycles. The number of aliphatic hydroxyl groups is 1. The van der Waals surface area contributed by atoms with Crippen molar-refractivity contribution in [1.82, 2.24) is 0 Å². The summed E-state index contributed by atoms with van der Waals surface area (Å²) in [7, 11) is -4.65. The maximum atomic E-state index is 10.7. The maximum Gasteiger partial charge on any atom is 0.469 e. The van der Waals surface area contributed by atoms with Crippen molar-refractivity contribution in [1.29, 1.82) is 0 Å². The molecule has 16 heavy (non-hydrogen) atoms. The third kappa shape index (κ3) is 7.29. The Bertz CT molecular complexity index is 212. The molecule has 4 N–H and O–H groups in total. The molecule has 0 amide bonds. The molecule has 0 rings (SSSR count). The summed E-state index contributed by atoms with van der Waals surface area (Å²) < 4.78 is 15.1. The van der Waals surface area contributed by atoms with Crippen molar-refractivity contribution in [2.24, 2.45) is 0 Å². The molecule has 0 aromatic carbocycles. The quantitative estimate of drug-likeness (QED) is 0.210. The van der Waals surface area contributed by atoms with E-state index >= 15 is 0 Å². The second-order valence-electron chi connectivity index (χ2n) is 3.46. The number of rotatable bonds is 9. The third-order valence-corrected chi connectivity index (χ3v) is 2.64. The first-order valence-electron chi connectivity index (χ1n) is 5.09. The van der Waals surface area contributed by atoms with Crippen molar-refractivity contribution < 1.29 is 34.1 Å². The van der Waals surface area contributed by atoms with E-state index in [1.54, 1.807) is 0 Å². The lowest BCUT2D eigenvalue weighted by Crippen LogP contribution is -2.33. The monoisotopic (exact) mass is 258 g/mol. The Balaban J connectivity index is 4.31. The second-order valence-corrected chi connectivity index (χ2v) is 4.65. The fraction of sp³-hybridized carbons (Fsp3) is 1.00. The van der Waals surface area contributed by atoms with Gasteiger partial charge in [-0.2, -0.15) is 0 Å². The van der Waals surface area contributed by atoms with E-state index in [9.17, 15) is 4.57 Å². The molecule has 0 saturated carbocycles. The van der Waals surface area contributed by atoms with E-state index in [-0.39, 0.29) is 0 Å². The van der Waals surface area contributed by atoms with Crippen LogP contribution in [0.5, 0.6) is 0 Å². The van der Waals surface area contributed by atoms with Crippen LogP contribution in [0, 0.1) is 0 Å². The summed E-state index contributed by atoms with van der Waals surface area (Å²) in [5, 5.41) is 17.3. The molecule has 0 radical (unpaired) electrons. The zero-order chi connectivity index (χ0) is 12.6. The molecular formula is C8H19O7P. The zero-order valence-electron chi connectivity index (χ0n) is 9.15. The lowest BCUT2D eigenvalue weighted by molar-refractivity contribution is -0.301. The first-order valence-corrected chi connectivity index (χ1v) is 6.62. The van der Waals surface area contributed by atoms with Crippen molar-refractivity contribution >= 4 is 7.82 Å². The standard InChI is InChI=1S/C8H19O7P/c1-2-3-4-5-7(8(6-9)14-10)15-16(11,12)13/h7-10H,2-6H2,1H3,(H2,11,12,13)/t7?,8-/m0/s1. The van der Waals surface area contributed by atoms with Crippen molar-refractivity contribution in [2.45, 2.75) is 44.8 Å². The van der Waals surface area contributed by atoms with Crippen LogP contribution in [0.3, 0.4) is 0 Å². The largest absolute Gasteiger partial charge is 0.469 e. The minimum Gasteiger partial charge on any atom is -0.393 e. The van der Waals surface area contributed by atoms with Crippen LogP contribution in [-0.4, -0.2) is 39.0 Å². The molecule has 98 valence electrons. The third-order valence-electron chi connectivity index (χ3n) is 2.09. The first-order chi connectivity index (χ1) is 7.44. The van der Waals surface area contributed by atoms with Crippen molar-refractivity contribution in [3.63, 3.8) is 0 Å². The Morgan fingerprint density at radius 3 is 2.25 bits per heavy atom. The highest BCUT2D eigenvalue weighted by atomic mass is 31.2. The van der Waals surface area contributed by atoms with E-state index in [1.807, 2.05) is 6.92 Å². The summed E-state index contributed by atoms with van der Waals surface area (Å²) in [4.78, 5) is 21.2. The molecule has 0 fully saturated rings. The molecule has 0 heterocycles. The molecule has 0 saturated heterocycles. The van der Waals surface area contributed by atoms with Gasteiger partial charge < -0.3 is 14.9 Å². The van der Waals surface area contributed by atoms with E-state index in [1.165, 1.54) is 0 Å². The Kier molecular flexibility index (Phi) is 8.13. The normalized spacial score (nSPS) is 16.1. The van der Waals surface area contributed by atoms with Crippen molar-refractivity contribution in [2.75, 3.05) is 6.61 Å². The minimum absolute atomic E-state index is 0.296. The predicted octanol–water partition coefficient (Wildman–Crippen LogP) is 0.895. The van der Waals surface area contributed by atoms with Gasteiger partial charge >= 0.3 is 7.82 Å². The Labute approximate surface area is 94.2 Å². The molecule has 0 aliphatic rings. The first kappa shape index (κ1) is 16.0. The Hall–Kier alpha value is -0.0100. The maximum absolute atomic E-state index is 10.7. The smallest absolute Gasteiger partial charge is 0.393 e. The van der Waals surface area contributed by atoms with E-state index in [2.05, 4.69) is 9.41 Å². The summed E-state index contributed by atoms with van der Waals surface area (Å²) in [5.74, 6) is 0. The van der Waals surface area contributed by atoms with E-state index in [0.29, 0.717) is 12.8 Å². The molecule has 0 aliphatic heterocycles. The zero-order valence-corrected chi connectivity index (χ0v) is 10.0. The van der Waals surface area contributed by atoms with Crippen LogP contribution in [0.15, 0.2) is 0 Å². The fourth-order valence-corrected chi connectivity index (χ4v) is 1.89. The molecule has 8 heteroatoms. The Morgan fingerprint density at radius 1 is 1.25 bits per heavy atom. The second kappa shape index (κ2) is 8.14. The Morgan fingerprint density at radius 2 is 1.88 bits per heavy atom. The molecule has 2 atom stereocenters. The molecule has 0 aromatic heterocycles. The van der Waals surface area contributed by atoms with Crippen LogP contribution in [0.2, 0.25) is 0 Å². The van der Waals surface area contributed by atoms with Gasteiger partial charge in [-0.1, -0.05) is 26.2 Å². The van der Waals surface area contributed by atoms with Crippen LogP contribution in [0.4, 0.5) is 0 Å². The van der Waals surface area contributed by atoms with Gasteiger partial charge in [-0.25, -0.2) is 9.45 Å². The fourth-order valence-electron chi connectivity index (χ4n) is 1.30. The van der Waals surface area contributed by atoms with Gasteiger partial charge in [0, 0.05) is 0 Å². The van der Waals surface area contributed by atoms with Crippen molar-refractivity contribution in [3.05, 3.63) is 0 Å². The van der Waals surface area contributed by atoms with Crippen LogP contribution in [0.1, 0.15) is 32.6 Å². The van der Waals surface area contributed by atoms with E-state index in [0.717, 1.165) is 12.8 Å². The van der Waals surface area contributed by atoms with E-state index < -0.39 is 26.6 Å². The average Bonchev–Trinajstić information content (AvgIpc) is 2.17. The van der Waals surface area contributed by atoms with Crippen molar-refractivity contribution in [3.8, 4) is 0 Å². The van der Waals surface area contributed by atoms with Gasteiger partial charge in [-0.15, -0.1) is 0 Å². The highest BCUT2D eigenvalue weighted by molar-refractivity contribution is 7.46. The summed E-state index contributed by atoms with van der Waals surface area (Å²) in [6.45, 7) is 1.40. The number of hydrogen-bond donors (Lipinski definition) is 4. The number of phosphoric acid groups is 1. The summed E-state index contributed by atoms with van der Waals surface area (Å²) in [6, 6.07) is 0. The lowest BCUT2D eigenvalue weighted by atomic mass is 10.1. The number of hydrogen-bond acceptors (Lipinski definition) is 5. The number of aliphatic hydroxyl groups excluding tert-OH is 1. The van der Waals surface area contributed by atoms with Gasteiger partial charge in [0.2, 0.25) is 0 Å². The SMILES string of the molecule is CCCCCC(OP(=O)(O)O)[C@H](CO)OO. The lowest BCUT2D eigenvalue weighted by Gasteiger charge is -2.23. The van der Waals surface area contributed by atoms with Crippen LogP contribution < -0.4 is 0 Å². The minimum atomic E-state index is -4.65. The van der Waals surface area contributed by atoms with Gasteiger partial charge in [-0.3, -0.25) is 9.78 Å². The molecule has 0 bridgehead atoms. The molecule has 1 unspecified atom stereocenters. The summed E-state index contributed by atoms with van der Waals surface area (Å²) in [5.41, 5.74) is 0. The highest BCUT2D eigenvalue weighted by Crippen LogP contribution is 2.39. The van der Waals surface area contributed by atoms with Crippen LogP contribution >= 0.6 is 7.82 Å². The van der Waals surface area contributed by atoms with Gasteiger partial charge in [-0.05, 0) is 6.42 Å². The van der Waals surface area contributed by atoms with Gasteiger partial charge in [0.15, 0.2) is 0 Å². The van der Waals surface area contributed by atoms with Gasteiger partial charge in [0.1, 0.15) is 12.2 Å². The predicted molar refractivity (Wildman–Crippen MR) is 55.6 cm³/mol. The average molecular weight is 258 g/mol. The number of unbranched alkanes of at least 4 members (excludes halogenated alkanes) is 2. The molecule has 0 aromatic rings. The van der Waals surface area contributed by atoms with Crippen LogP contribution in [-0.2, 0) is 14.0 Å². The van der Waals surface area contributed by atoms with E-state index in [4.69, 9.17) is 20.2 Å². The van der Waals surface area contributed by atoms with Crippen LogP contribution in [0.25, 0.3) is 0 Å². The molecular weight excluding hydrogens is 239 g/mol. The summed E-state index contributed by atoms with van der Waals surface area (Å²) in [6.07, 6.45) is 0.592. The molecule has 7 nitrogen and oxygen atoms in total.